The lowest BCUT2D eigenvalue weighted by atomic mass is 9.68. The van der Waals surface area contributed by atoms with Gasteiger partial charge in [0.15, 0.2) is 0 Å². The predicted octanol–water partition coefficient (Wildman–Crippen LogP) is 2.42. The van der Waals surface area contributed by atoms with Crippen molar-refractivity contribution in [1.29, 1.82) is 0 Å². The number of esters is 1. The van der Waals surface area contributed by atoms with Crippen LogP contribution in [0.4, 0.5) is 0 Å². The number of rotatable bonds is 5. The quantitative estimate of drug-likeness (QED) is 0.317. The second-order valence-corrected chi connectivity index (χ2v) is 4.75. The van der Waals surface area contributed by atoms with E-state index in [0.29, 0.717) is 18.3 Å². The highest BCUT2D eigenvalue weighted by molar-refractivity contribution is 5.77. The molecule has 0 bridgehead atoms. The van der Waals surface area contributed by atoms with Crippen LogP contribution in [0.5, 0.6) is 0 Å². The van der Waals surface area contributed by atoms with Gasteiger partial charge < -0.3 is 4.74 Å². The zero-order chi connectivity index (χ0) is 12.3. The summed E-state index contributed by atoms with van der Waals surface area (Å²) < 4.78 is 4.59. The van der Waals surface area contributed by atoms with Crippen molar-refractivity contribution in [3.05, 3.63) is 23.3 Å². The third-order valence-corrected chi connectivity index (χ3v) is 3.74. The van der Waals surface area contributed by atoms with Crippen molar-refractivity contribution in [2.24, 2.45) is 11.8 Å². The maximum absolute atomic E-state index is 10.9. The van der Waals surface area contributed by atoms with Gasteiger partial charge in [-0.1, -0.05) is 17.7 Å². The van der Waals surface area contributed by atoms with Crippen LogP contribution in [0.15, 0.2) is 23.3 Å². The summed E-state index contributed by atoms with van der Waals surface area (Å²) in [5.74, 6) is 0.914. The molecular formula is C14H18O3. The van der Waals surface area contributed by atoms with Gasteiger partial charge in [0, 0.05) is 12.3 Å². The van der Waals surface area contributed by atoms with E-state index in [1.165, 1.54) is 12.7 Å². The zero-order valence-electron chi connectivity index (χ0n) is 10.1. The lowest BCUT2D eigenvalue weighted by molar-refractivity contribution is -0.140. The largest absolute Gasteiger partial charge is 0.469 e. The molecule has 0 amide bonds. The summed E-state index contributed by atoms with van der Waals surface area (Å²) in [6, 6.07) is 0. The molecule has 0 aromatic rings. The molecule has 0 aliphatic heterocycles. The fraction of sp³-hybridized carbons (Fsp3) is 0.571. The minimum Gasteiger partial charge on any atom is -0.469 e. The number of ether oxygens (including phenoxy) is 1. The van der Waals surface area contributed by atoms with Crippen LogP contribution in [0.2, 0.25) is 0 Å². The number of carbonyl (C=O) groups is 2. The molecule has 0 radical (unpaired) electrons. The van der Waals surface area contributed by atoms with Gasteiger partial charge >= 0.3 is 5.97 Å². The number of unbranched alkanes of at least 4 members (excludes halogenated alkanes) is 1. The molecule has 2 aliphatic rings. The average Bonchev–Trinajstić information content (AvgIpc) is 2.65. The molecule has 1 saturated carbocycles. The summed E-state index contributed by atoms with van der Waals surface area (Å²) in [7, 11) is 1.41. The molecule has 0 aromatic heterocycles. The second kappa shape index (κ2) is 5.30. The van der Waals surface area contributed by atoms with Crippen LogP contribution < -0.4 is 0 Å². The van der Waals surface area contributed by atoms with Gasteiger partial charge in [-0.3, -0.25) is 9.59 Å². The maximum Gasteiger partial charge on any atom is 0.305 e. The molecule has 0 aromatic carbocycles. The van der Waals surface area contributed by atoms with Crippen LogP contribution in [-0.4, -0.2) is 19.4 Å². The first-order valence-electron chi connectivity index (χ1n) is 6.17. The highest BCUT2D eigenvalue weighted by Gasteiger charge is 2.40. The SMILES string of the molecule is COC(=O)CCC/C=C1\CC2CC=C(C=O)C12. The van der Waals surface area contributed by atoms with Gasteiger partial charge in [-0.15, -0.1) is 0 Å². The first kappa shape index (κ1) is 12.1. The number of methoxy groups -OCH3 is 1. The Kier molecular flexibility index (Phi) is 3.77. The van der Waals surface area contributed by atoms with Crippen LogP contribution in [0, 0.1) is 11.8 Å². The lowest BCUT2D eigenvalue weighted by Crippen LogP contribution is -2.26. The summed E-state index contributed by atoms with van der Waals surface area (Å²) in [5, 5.41) is 0. The summed E-state index contributed by atoms with van der Waals surface area (Å²) >= 11 is 0. The Morgan fingerprint density at radius 1 is 1.59 bits per heavy atom. The Morgan fingerprint density at radius 2 is 2.41 bits per heavy atom. The molecule has 0 saturated heterocycles. The highest BCUT2D eigenvalue weighted by Crippen LogP contribution is 2.50. The number of allylic oxidation sites excluding steroid dienone is 4. The van der Waals surface area contributed by atoms with Gasteiger partial charge in [-0.05, 0) is 37.2 Å². The van der Waals surface area contributed by atoms with Gasteiger partial charge in [-0.2, -0.15) is 0 Å². The van der Waals surface area contributed by atoms with E-state index in [1.54, 1.807) is 0 Å². The van der Waals surface area contributed by atoms with Crippen LogP contribution in [-0.2, 0) is 14.3 Å². The van der Waals surface area contributed by atoms with Gasteiger partial charge in [0.05, 0.1) is 7.11 Å². The van der Waals surface area contributed by atoms with E-state index in [0.717, 1.165) is 37.5 Å². The Hall–Kier alpha value is -1.38. The van der Waals surface area contributed by atoms with Crippen molar-refractivity contribution in [1.82, 2.24) is 0 Å². The number of hydrogen-bond acceptors (Lipinski definition) is 3. The molecule has 92 valence electrons. The second-order valence-electron chi connectivity index (χ2n) is 4.75. The minimum atomic E-state index is -0.149. The van der Waals surface area contributed by atoms with Gasteiger partial charge in [0.2, 0.25) is 0 Å². The minimum absolute atomic E-state index is 0.149. The fourth-order valence-corrected chi connectivity index (χ4v) is 2.78. The lowest BCUT2D eigenvalue weighted by Gasteiger charge is -2.35. The number of aldehydes is 1. The third kappa shape index (κ3) is 2.48. The predicted molar refractivity (Wildman–Crippen MR) is 64.3 cm³/mol. The fourth-order valence-electron chi connectivity index (χ4n) is 2.78. The molecule has 0 heterocycles. The van der Waals surface area contributed by atoms with Crippen molar-refractivity contribution < 1.29 is 14.3 Å². The van der Waals surface area contributed by atoms with Crippen molar-refractivity contribution in [3.8, 4) is 0 Å². The third-order valence-electron chi connectivity index (χ3n) is 3.74. The van der Waals surface area contributed by atoms with E-state index < -0.39 is 0 Å². The normalized spacial score (nSPS) is 28.3. The smallest absolute Gasteiger partial charge is 0.305 e. The summed E-state index contributed by atoms with van der Waals surface area (Å²) in [6.45, 7) is 0. The highest BCUT2D eigenvalue weighted by atomic mass is 16.5. The van der Waals surface area contributed by atoms with Crippen molar-refractivity contribution >= 4 is 12.3 Å². The molecule has 17 heavy (non-hydrogen) atoms. The number of carbonyl (C=O) groups excluding carboxylic acids is 2. The first-order valence-corrected chi connectivity index (χ1v) is 6.17. The van der Waals surface area contributed by atoms with Gasteiger partial charge in [0.25, 0.3) is 0 Å². The summed E-state index contributed by atoms with van der Waals surface area (Å²) in [6.07, 6.45) is 9.64. The number of fused-ring (bicyclic) bond motifs is 1. The van der Waals surface area contributed by atoms with Crippen molar-refractivity contribution in [2.45, 2.75) is 32.1 Å². The molecule has 0 spiro atoms. The van der Waals surface area contributed by atoms with E-state index in [-0.39, 0.29) is 5.97 Å². The van der Waals surface area contributed by atoms with Crippen LogP contribution in [0.3, 0.4) is 0 Å². The molecular weight excluding hydrogens is 216 g/mol. The summed E-state index contributed by atoms with van der Waals surface area (Å²) in [4.78, 5) is 21.8. The molecule has 2 aliphatic carbocycles. The van der Waals surface area contributed by atoms with E-state index >= 15 is 0 Å². The maximum atomic E-state index is 10.9. The zero-order valence-corrected chi connectivity index (χ0v) is 10.1. The van der Waals surface area contributed by atoms with Crippen molar-refractivity contribution in [3.63, 3.8) is 0 Å². The van der Waals surface area contributed by atoms with E-state index in [2.05, 4.69) is 16.9 Å². The molecule has 2 rings (SSSR count). The van der Waals surface area contributed by atoms with E-state index in [9.17, 15) is 9.59 Å². The Bertz CT molecular complexity index is 379. The van der Waals surface area contributed by atoms with Crippen LogP contribution in [0.1, 0.15) is 32.1 Å². The van der Waals surface area contributed by atoms with E-state index in [1.807, 2.05) is 0 Å². The number of hydrogen-bond donors (Lipinski definition) is 0. The van der Waals surface area contributed by atoms with Gasteiger partial charge in [-0.25, -0.2) is 0 Å². The molecule has 2 atom stereocenters. The Labute approximate surface area is 102 Å². The Morgan fingerprint density at radius 3 is 3.12 bits per heavy atom. The standard InChI is InChI=1S/C14H18O3/c1-17-13(16)5-3-2-4-10-8-11-6-7-12(9-15)14(10)11/h4,7,9,11,14H,2-3,5-6,8H2,1H3/b10-4+. The molecule has 3 heteroatoms. The molecule has 0 N–H and O–H groups in total. The monoisotopic (exact) mass is 234 g/mol. The van der Waals surface area contributed by atoms with Crippen LogP contribution in [0.25, 0.3) is 0 Å². The molecule has 2 unspecified atom stereocenters. The average molecular weight is 234 g/mol. The topological polar surface area (TPSA) is 43.4 Å². The summed E-state index contributed by atoms with van der Waals surface area (Å²) in [5.41, 5.74) is 2.34. The van der Waals surface area contributed by atoms with Crippen molar-refractivity contribution in [2.75, 3.05) is 7.11 Å². The first-order chi connectivity index (χ1) is 8.26. The van der Waals surface area contributed by atoms with Crippen LogP contribution >= 0.6 is 0 Å². The van der Waals surface area contributed by atoms with Gasteiger partial charge in [0.1, 0.15) is 6.29 Å². The molecule has 1 fully saturated rings. The Balaban J connectivity index is 1.78. The van der Waals surface area contributed by atoms with E-state index in [4.69, 9.17) is 0 Å². The molecule has 3 nitrogen and oxygen atoms in total.